The Morgan fingerprint density at radius 2 is 1.89 bits per heavy atom. The zero-order chi connectivity index (χ0) is 13.6. The number of fused-ring (bicyclic) bond motifs is 1. The Hall–Kier alpha value is -2.00. The van der Waals surface area contributed by atoms with Crippen LogP contribution in [0.2, 0.25) is 5.02 Å². The minimum absolute atomic E-state index is 0.476. The maximum atomic E-state index is 6.19. The normalized spacial score (nSPS) is 11.1. The van der Waals surface area contributed by atoms with E-state index in [0.717, 1.165) is 32.9 Å². The van der Waals surface area contributed by atoms with Crippen LogP contribution in [0.5, 0.6) is 0 Å². The third kappa shape index (κ3) is 1.87. The summed E-state index contributed by atoms with van der Waals surface area (Å²) in [5, 5.41) is 0.728. The van der Waals surface area contributed by atoms with Crippen LogP contribution in [0.4, 0.5) is 5.95 Å². The van der Waals surface area contributed by atoms with Gasteiger partial charge in [-0.3, -0.25) is 4.57 Å². The molecule has 0 aliphatic heterocycles. The Morgan fingerprint density at radius 3 is 2.63 bits per heavy atom. The van der Waals surface area contributed by atoms with Gasteiger partial charge in [-0.15, -0.1) is 0 Å². The number of hydrogen-bond acceptors (Lipinski definition) is 2. The molecular weight excluding hydrogens is 258 g/mol. The number of imidazole rings is 1. The standard InChI is InChI=1S/C15H14ClN3/c1-9-6-7-11(8-12(9)16)19-13-5-3-4-10(2)14(13)18-15(19)17/h3-8H,1-2H3,(H2,17,18). The molecule has 1 heterocycles. The summed E-state index contributed by atoms with van der Waals surface area (Å²) in [5.74, 6) is 0.476. The lowest BCUT2D eigenvalue weighted by molar-refractivity contribution is 1.11. The fourth-order valence-electron chi connectivity index (χ4n) is 2.25. The number of halogens is 1. The van der Waals surface area contributed by atoms with Crippen molar-refractivity contribution in [1.29, 1.82) is 0 Å². The van der Waals surface area contributed by atoms with Gasteiger partial charge in [0.05, 0.1) is 16.7 Å². The van der Waals surface area contributed by atoms with Gasteiger partial charge in [0.1, 0.15) is 0 Å². The average Bonchev–Trinajstić information content (AvgIpc) is 2.71. The van der Waals surface area contributed by atoms with Crippen LogP contribution in [-0.2, 0) is 0 Å². The fraction of sp³-hybridized carbons (Fsp3) is 0.133. The van der Waals surface area contributed by atoms with Gasteiger partial charge in [0, 0.05) is 5.02 Å². The van der Waals surface area contributed by atoms with Crippen LogP contribution in [0.1, 0.15) is 11.1 Å². The number of rotatable bonds is 1. The molecule has 0 aliphatic carbocycles. The van der Waals surface area contributed by atoms with Crippen LogP contribution >= 0.6 is 11.6 Å². The maximum absolute atomic E-state index is 6.19. The molecule has 1 aromatic heterocycles. The smallest absolute Gasteiger partial charge is 0.205 e. The Bertz CT molecular complexity index is 774. The molecule has 2 N–H and O–H groups in total. The fourth-order valence-corrected chi connectivity index (χ4v) is 2.42. The first kappa shape index (κ1) is 12.1. The molecule has 0 fully saturated rings. The van der Waals surface area contributed by atoms with Gasteiger partial charge in [0.15, 0.2) is 0 Å². The van der Waals surface area contributed by atoms with Crippen LogP contribution < -0.4 is 5.73 Å². The molecule has 0 saturated heterocycles. The first-order valence-electron chi connectivity index (χ1n) is 6.08. The second kappa shape index (κ2) is 4.28. The first-order chi connectivity index (χ1) is 9.08. The summed E-state index contributed by atoms with van der Waals surface area (Å²) in [4.78, 5) is 4.44. The van der Waals surface area contributed by atoms with Crippen molar-refractivity contribution < 1.29 is 0 Å². The zero-order valence-electron chi connectivity index (χ0n) is 10.8. The summed E-state index contributed by atoms with van der Waals surface area (Å²) in [6, 6.07) is 11.9. The Labute approximate surface area is 116 Å². The van der Waals surface area contributed by atoms with E-state index >= 15 is 0 Å². The van der Waals surface area contributed by atoms with E-state index in [9.17, 15) is 0 Å². The van der Waals surface area contributed by atoms with Crippen molar-refractivity contribution in [3.63, 3.8) is 0 Å². The quantitative estimate of drug-likeness (QED) is 0.730. The van der Waals surface area contributed by atoms with Gasteiger partial charge in [-0.2, -0.15) is 0 Å². The van der Waals surface area contributed by atoms with E-state index in [2.05, 4.69) is 4.98 Å². The highest BCUT2D eigenvalue weighted by atomic mass is 35.5. The topological polar surface area (TPSA) is 43.8 Å². The van der Waals surface area contributed by atoms with E-state index in [0.29, 0.717) is 5.95 Å². The molecule has 0 unspecified atom stereocenters. The number of nitrogens with two attached hydrogens (primary N) is 1. The van der Waals surface area contributed by atoms with Gasteiger partial charge in [0.2, 0.25) is 5.95 Å². The minimum Gasteiger partial charge on any atom is -0.369 e. The summed E-state index contributed by atoms with van der Waals surface area (Å²) in [6.07, 6.45) is 0. The van der Waals surface area contributed by atoms with Crippen molar-refractivity contribution in [3.8, 4) is 5.69 Å². The number of nitrogen functional groups attached to an aromatic ring is 1. The van der Waals surface area contributed by atoms with Gasteiger partial charge >= 0.3 is 0 Å². The number of aromatic nitrogens is 2. The van der Waals surface area contributed by atoms with Crippen molar-refractivity contribution >= 4 is 28.6 Å². The van der Waals surface area contributed by atoms with E-state index in [-0.39, 0.29) is 0 Å². The van der Waals surface area contributed by atoms with Crippen molar-refractivity contribution in [2.24, 2.45) is 0 Å². The molecule has 4 heteroatoms. The van der Waals surface area contributed by atoms with Crippen molar-refractivity contribution in [2.45, 2.75) is 13.8 Å². The summed E-state index contributed by atoms with van der Waals surface area (Å²) >= 11 is 6.19. The molecule has 0 radical (unpaired) electrons. The van der Waals surface area contributed by atoms with Crippen LogP contribution in [0.15, 0.2) is 36.4 Å². The van der Waals surface area contributed by atoms with Crippen LogP contribution in [-0.4, -0.2) is 9.55 Å². The lowest BCUT2D eigenvalue weighted by Crippen LogP contribution is -2.00. The van der Waals surface area contributed by atoms with Crippen LogP contribution in [0.25, 0.3) is 16.7 Å². The number of hydrogen-bond donors (Lipinski definition) is 1. The predicted molar refractivity (Wildman–Crippen MR) is 80.0 cm³/mol. The van der Waals surface area contributed by atoms with Crippen LogP contribution in [0, 0.1) is 13.8 Å². The molecule has 3 aromatic rings. The zero-order valence-corrected chi connectivity index (χ0v) is 11.6. The van der Waals surface area contributed by atoms with E-state index < -0.39 is 0 Å². The van der Waals surface area contributed by atoms with Crippen molar-refractivity contribution in [3.05, 3.63) is 52.5 Å². The maximum Gasteiger partial charge on any atom is 0.205 e. The molecule has 96 valence electrons. The molecule has 0 saturated carbocycles. The second-order valence-electron chi connectivity index (χ2n) is 4.68. The van der Waals surface area contributed by atoms with E-state index in [4.69, 9.17) is 17.3 Å². The van der Waals surface area contributed by atoms with E-state index in [1.54, 1.807) is 0 Å². The predicted octanol–water partition coefficient (Wildman–Crippen LogP) is 3.88. The SMILES string of the molecule is Cc1ccc(-n2c(N)nc3c(C)cccc32)cc1Cl. The van der Waals surface area contributed by atoms with Gasteiger partial charge in [-0.25, -0.2) is 4.98 Å². The number of aryl methyl sites for hydroxylation is 2. The highest BCUT2D eigenvalue weighted by Crippen LogP contribution is 2.27. The second-order valence-corrected chi connectivity index (χ2v) is 5.09. The van der Waals surface area contributed by atoms with Crippen molar-refractivity contribution in [1.82, 2.24) is 9.55 Å². The highest BCUT2D eigenvalue weighted by molar-refractivity contribution is 6.31. The van der Waals surface area contributed by atoms with E-state index in [1.807, 2.05) is 54.8 Å². The molecule has 0 amide bonds. The number of nitrogens with zero attached hydrogens (tertiary/aromatic N) is 2. The molecule has 3 nitrogen and oxygen atoms in total. The summed E-state index contributed by atoms with van der Waals surface area (Å²) in [5.41, 5.74) is 11.1. The molecule has 0 bridgehead atoms. The third-order valence-electron chi connectivity index (χ3n) is 3.33. The Kier molecular flexibility index (Phi) is 2.72. The average molecular weight is 272 g/mol. The summed E-state index contributed by atoms with van der Waals surface area (Å²) in [6.45, 7) is 4.01. The molecule has 0 atom stereocenters. The monoisotopic (exact) mass is 271 g/mol. The summed E-state index contributed by atoms with van der Waals surface area (Å²) in [7, 11) is 0. The molecule has 19 heavy (non-hydrogen) atoms. The molecule has 0 spiro atoms. The number of anilines is 1. The number of benzene rings is 2. The first-order valence-corrected chi connectivity index (χ1v) is 6.46. The molecule has 2 aromatic carbocycles. The highest BCUT2D eigenvalue weighted by Gasteiger charge is 2.11. The third-order valence-corrected chi connectivity index (χ3v) is 3.73. The minimum atomic E-state index is 0.476. The molecule has 3 rings (SSSR count). The van der Waals surface area contributed by atoms with Gasteiger partial charge in [0.25, 0.3) is 0 Å². The molecule has 0 aliphatic rings. The molecular formula is C15H14ClN3. The van der Waals surface area contributed by atoms with Gasteiger partial charge < -0.3 is 5.73 Å². The summed E-state index contributed by atoms with van der Waals surface area (Å²) < 4.78 is 1.92. The Morgan fingerprint density at radius 1 is 1.11 bits per heavy atom. The lowest BCUT2D eigenvalue weighted by Gasteiger charge is -2.08. The largest absolute Gasteiger partial charge is 0.369 e. The van der Waals surface area contributed by atoms with Crippen LogP contribution in [0.3, 0.4) is 0 Å². The van der Waals surface area contributed by atoms with E-state index in [1.165, 1.54) is 0 Å². The Balaban J connectivity index is 2.33. The number of para-hydroxylation sites is 1. The lowest BCUT2D eigenvalue weighted by atomic mass is 10.2. The van der Waals surface area contributed by atoms with Crippen molar-refractivity contribution in [2.75, 3.05) is 5.73 Å². The van der Waals surface area contributed by atoms with Gasteiger partial charge in [-0.1, -0.05) is 29.8 Å². The van der Waals surface area contributed by atoms with Gasteiger partial charge in [-0.05, 0) is 43.2 Å².